The summed E-state index contributed by atoms with van der Waals surface area (Å²) in [5, 5.41) is 21.2. The number of aryl methyl sites for hydroxylation is 2. The lowest BCUT2D eigenvalue weighted by atomic mass is 9.86. The molecule has 1 atom stereocenters. The molecule has 9 heteroatoms. The van der Waals surface area contributed by atoms with Crippen LogP contribution in [0.4, 0.5) is 5.69 Å². The third kappa shape index (κ3) is 6.15. The van der Waals surface area contributed by atoms with Gasteiger partial charge in [-0.1, -0.05) is 26.3 Å². The molecular weight excluding hydrogens is 460 g/mol. The molecule has 1 aliphatic heterocycles. The van der Waals surface area contributed by atoms with E-state index in [-0.39, 0.29) is 18.3 Å². The standard InChI is InChI=1S/C27H36N4O5/c1-4-6-20-15-18(5-2)16-22(24(20)36-17-23(32)31-11-13-35-14-12-31)27(3,26(33)34)30-21-9-7-19(8-10-21)25(28)29/h7-10,15-16,30H,4-6,11-14,17H2,1-3H3,(H3,28,29)(H,33,34). The maximum absolute atomic E-state index is 12.8. The van der Waals surface area contributed by atoms with Crippen molar-refractivity contribution in [3.8, 4) is 5.75 Å². The van der Waals surface area contributed by atoms with Crippen LogP contribution in [0, 0.1) is 5.41 Å². The summed E-state index contributed by atoms with van der Waals surface area (Å²) in [6.45, 7) is 7.48. The predicted molar refractivity (Wildman–Crippen MR) is 139 cm³/mol. The highest BCUT2D eigenvalue weighted by molar-refractivity contribution is 5.95. The third-order valence-electron chi connectivity index (χ3n) is 6.41. The second kappa shape index (κ2) is 11.9. The van der Waals surface area contributed by atoms with Crippen molar-refractivity contribution in [2.24, 2.45) is 5.73 Å². The fourth-order valence-corrected chi connectivity index (χ4v) is 4.25. The number of carboxylic acid groups (broad SMARTS) is 1. The van der Waals surface area contributed by atoms with Gasteiger partial charge in [-0.15, -0.1) is 0 Å². The highest BCUT2D eigenvalue weighted by Gasteiger charge is 2.39. The van der Waals surface area contributed by atoms with E-state index < -0.39 is 11.5 Å². The largest absolute Gasteiger partial charge is 0.483 e. The van der Waals surface area contributed by atoms with Crippen LogP contribution in [0.5, 0.6) is 5.75 Å². The molecule has 1 heterocycles. The second-order valence-corrected chi connectivity index (χ2v) is 9.06. The molecule has 194 valence electrons. The van der Waals surface area contributed by atoms with Gasteiger partial charge in [-0.2, -0.15) is 0 Å². The Bertz CT molecular complexity index is 1100. The number of rotatable bonds is 11. The molecule has 3 rings (SSSR count). The van der Waals surface area contributed by atoms with Crippen LogP contribution in [0.25, 0.3) is 0 Å². The van der Waals surface area contributed by atoms with Gasteiger partial charge in [0.05, 0.1) is 13.2 Å². The van der Waals surface area contributed by atoms with Gasteiger partial charge in [0.1, 0.15) is 11.6 Å². The Labute approximate surface area is 212 Å². The summed E-state index contributed by atoms with van der Waals surface area (Å²) in [5.74, 6) is -0.884. The van der Waals surface area contributed by atoms with E-state index in [1.165, 1.54) is 0 Å². The van der Waals surface area contributed by atoms with Crippen molar-refractivity contribution in [3.05, 3.63) is 58.7 Å². The number of nitrogen functional groups attached to an aromatic ring is 1. The lowest BCUT2D eigenvalue weighted by Crippen LogP contribution is -2.43. The number of nitrogens with two attached hydrogens (primary N) is 1. The van der Waals surface area contributed by atoms with Crippen molar-refractivity contribution in [2.45, 2.75) is 45.6 Å². The monoisotopic (exact) mass is 496 g/mol. The maximum atomic E-state index is 12.8. The summed E-state index contributed by atoms with van der Waals surface area (Å²) in [4.78, 5) is 27.3. The van der Waals surface area contributed by atoms with Gasteiger partial charge in [-0.25, -0.2) is 4.79 Å². The zero-order chi connectivity index (χ0) is 26.3. The molecule has 0 radical (unpaired) electrons. The van der Waals surface area contributed by atoms with Gasteiger partial charge < -0.3 is 30.5 Å². The lowest BCUT2D eigenvalue weighted by Gasteiger charge is -2.32. The van der Waals surface area contributed by atoms with E-state index in [1.54, 1.807) is 36.1 Å². The van der Waals surface area contributed by atoms with Crippen molar-refractivity contribution in [2.75, 3.05) is 38.2 Å². The van der Waals surface area contributed by atoms with Crippen molar-refractivity contribution in [1.82, 2.24) is 4.90 Å². The summed E-state index contributed by atoms with van der Waals surface area (Å²) in [7, 11) is 0. The Hall–Kier alpha value is -3.59. The average molecular weight is 497 g/mol. The molecule has 36 heavy (non-hydrogen) atoms. The fourth-order valence-electron chi connectivity index (χ4n) is 4.25. The molecule has 9 nitrogen and oxygen atoms in total. The number of hydrogen-bond donors (Lipinski definition) is 4. The van der Waals surface area contributed by atoms with Crippen molar-refractivity contribution < 1.29 is 24.2 Å². The Kier molecular flexibility index (Phi) is 8.93. The molecule has 0 aromatic heterocycles. The zero-order valence-electron chi connectivity index (χ0n) is 21.2. The van der Waals surface area contributed by atoms with Crippen LogP contribution in [0.3, 0.4) is 0 Å². The number of nitrogens with zero attached hydrogens (tertiary/aromatic N) is 1. The number of benzene rings is 2. The Morgan fingerprint density at radius 1 is 1.19 bits per heavy atom. The minimum Gasteiger partial charge on any atom is -0.483 e. The number of morpholine rings is 1. The summed E-state index contributed by atoms with van der Waals surface area (Å²) >= 11 is 0. The quantitative estimate of drug-likeness (QED) is 0.277. The lowest BCUT2D eigenvalue weighted by molar-refractivity contribution is -0.142. The van der Waals surface area contributed by atoms with Crippen LogP contribution in [0.1, 0.15) is 49.4 Å². The minimum absolute atomic E-state index is 0.0666. The zero-order valence-corrected chi connectivity index (χ0v) is 21.2. The molecule has 1 fully saturated rings. The third-order valence-corrected chi connectivity index (χ3v) is 6.41. The Morgan fingerprint density at radius 2 is 1.86 bits per heavy atom. The summed E-state index contributed by atoms with van der Waals surface area (Å²) in [5.41, 5.74) is 7.42. The number of carbonyl (C=O) groups excluding carboxylic acids is 1. The number of amidine groups is 1. The molecule has 1 amide bonds. The molecule has 0 spiro atoms. The van der Waals surface area contributed by atoms with E-state index in [2.05, 4.69) is 5.32 Å². The Balaban J connectivity index is 2.02. The highest BCUT2D eigenvalue weighted by Crippen LogP contribution is 2.38. The van der Waals surface area contributed by atoms with Crippen LogP contribution >= 0.6 is 0 Å². The van der Waals surface area contributed by atoms with E-state index in [0.29, 0.717) is 55.3 Å². The first-order valence-corrected chi connectivity index (χ1v) is 12.3. The smallest absolute Gasteiger partial charge is 0.333 e. The van der Waals surface area contributed by atoms with Crippen LogP contribution in [0.2, 0.25) is 0 Å². The average Bonchev–Trinajstić information content (AvgIpc) is 2.88. The first kappa shape index (κ1) is 27.0. The fraction of sp³-hybridized carbons (Fsp3) is 0.444. The van der Waals surface area contributed by atoms with Crippen LogP contribution in [0.15, 0.2) is 36.4 Å². The normalized spacial score (nSPS) is 15.1. The van der Waals surface area contributed by atoms with Crippen molar-refractivity contribution in [3.63, 3.8) is 0 Å². The summed E-state index contributed by atoms with van der Waals surface area (Å²) in [6, 6.07) is 10.6. The summed E-state index contributed by atoms with van der Waals surface area (Å²) in [6.07, 6.45) is 2.24. The molecule has 2 aromatic rings. The van der Waals surface area contributed by atoms with E-state index in [0.717, 1.165) is 24.0 Å². The Morgan fingerprint density at radius 3 is 2.42 bits per heavy atom. The van der Waals surface area contributed by atoms with Crippen LogP contribution < -0.4 is 15.8 Å². The first-order chi connectivity index (χ1) is 17.2. The van der Waals surface area contributed by atoms with Gasteiger partial charge in [0.2, 0.25) is 0 Å². The van der Waals surface area contributed by atoms with E-state index in [9.17, 15) is 14.7 Å². The number of amides is 1. The number of anilines is 1. The molecule has 0 aliphatic carbocycles. The van der Waals surface area contributed by atoms with Gasteiger partial charge in [-0.05, 0) is 61.2 Å². The molecule has 2 aromatic carbocycles. The SMILES string of the molecule is CCCc1cc(CC)cc(C(C)(Nc2ccc(C(=N)N)cc2)C(=O)O)c1OCC(=O)N1CCOCC1. The van der Waals surface area contributed by atoms with E-state index in [1.807, 2.05) is 26.0 Å². The van der Waals surface area contributed by atoms with Gasteiger partial charge in [-0.3, -0.25) is 10.2 Å². The maximum Gasteiger partial charge on any atom is 0.333 e. The number of carbonyl (C=O) groups is 2. The van der Waals surface area contributed by atoms with Crippen LogP contribution in [-0.2, 0) is 32.7 Å². The molecular formula is C27H36N4O5. The summed E-state index contributed by atoms with van der Waals surface area (Å²) < 4.78 is 11.5. The van der Waals surface area contributed by atoms with E-state index >= 15 is 0 Å². The highest BCUT2D eigenvalue weighted by atomic mass is 16.5. The number of aliphatic carboxylic acids is 1. The van der Waals surface area contributed by atoms with Gasteiger partial charge in [0.25, 0.3) is 5.91 Å². The second-order valence-electron chi connectivity index (χ2n) is 9.06. The number of nitrogens with one attached hydrogen (secondary N) is 2. The first-order valence-electron chi connectivity index (χ1n) is 12.3. The predicted octanol–water partition coefficient (Wildman–Crippen LogP) is 3.14. The molecule has 1 unspecified atom stereocenters. The van der Waals surface area contributed by atoms with Gasteiger partial charge >= 0.3 is 5.97 Å². The number of hydrogen-bond acceptors (Lipinski definition) is 6. The van der Waals surface area contributed by atoms with Crippen molar-refractivity contribution >= 4 is 23.4 Å². The molecule has 0 saturated carbocycles. The molecule has 1 saturated heterocycles. The van der Waals surface area contributed by atoms with E-state index in [4.69, 9.17) is 20.6 Å². The van der Waals surface area contributed by atoms with Gasteiger partial charge in [0, 0.05) is 29.9 Å². The van der Waals surface area contributed by atoms with Gasteiger partial charge in [0.15, 0.2) is 12.1 Å². The topological polar surface area (TPSA) is 138 Å². The number of carboxylic acids is 1. The number of ether oxygens (including phenoxy) is 2. The van der Waals surface area contributed by atoms with Crippen LogP contribution in [-0.4, -0.2) is 60.6 Å². The molecule has 1 aliphatic rings. The molecule has 5 N–H and O–H groups in total. The minimum atomic E-state index is -1.55. The van der Waals surface area contributed by atoms with Crippen molar-refractivity contribution in [1.29, 1.82) is 5.41 Å². The molecule has 0 bridgehead atoms.